The quantitative estimate of drug-likeness (QED) is 0.546. The number of aryl methyl sites for hydroxylation is 2. The summed E-state index contributed by atoms with van der Waals surface area (Å²) in [6.07, 6.45) is 8.68. The van der Waals surface area contributed by atoms with Gasteiger partial charge in [-0.2, -0.15) is 0 Å². The molecule has 0 saturated heterocycles. The van der Waals surface area contributed by atoms with E-state index in [1.165, 1.54) is 24.0 Å². The first kappa shape index (κ1) is 6.59. The highest BCUT2D eigenvalue weighted by Crippen LogP contribution is 2.18. The third-order valence-corrected chi connectivity index (χ3v) is 2.04. The lowest BCUT2D eigenvalue weighted by atomic mass is 9.99. The minimum atomic E-state index is 1.12. The maximum absolute atomic E-state index is 4.24. The first-order chi connectivity index (χ1) is 5.36. The van der Waals surface area contributed by atoms with E-state index in [9.17, 15) is 0 Å². The van der Waals surface area contributed by atoms with Crippen molar-refractivity contribution in [2.75, 3.05) is 0 Å². The molecule has 1 aromatic heterocycles. The van der Waals surface area contributed by atoms with Gasteiger partial charge in [-0.1, -0.05) is 12.2 Å². The summed E-state index contributed by atoms with van der Waals surface area (Å²) in [6.45, 7) is 2.04. The zero-order chi connectivity index (χ0) is 7.68. The predicted octanol–water partition coefficient (Wildman–Crippen LogP) is 2.35. The molecular weight excluding hydrogens is 134 g/mol. The van der Waals surface area contributed by atoms with Crippen LogP contribution in [0.4, 0.5) is 0 Å². The molecule has 0 unspecified atom stereocenters. The Hall–Kier alpha value is -1.11. The van der Waals surface area contributed by atoms with Crippen LogP contribution in [0.25, 0.3) is 6.08 Å². The second-order valence-electron chi connectivity index (χ2n) is 2.97. The van der Waals surface area contributed by atoms with Crippen molar-refractivity contribution in [2.45, 2.75) is 19.8 Å². The van der Waals surface area contributed by atoms with E-state index < -0.39 is 0 Å². The van der Waals surface area contributed by atoms with Crippen molar-refractivity contribution >= 4 is 6.08 Å². The summed E-state index contributed by atoms with van der Waals surface area (Å²) in [5.74, 6) is 0. The molecule has 11 heavy (non-hydrogen) atoms. The number of pyridine rings is 1. The molecule has 1 nitrogen and oxygen atoms in total. The Morgan fingerprint density at radius 3 is 3.27 bits per heavy atom. The Bertz CT molecular complexity index is 300. The molecule has 0 amide bonds. The van der Waals surface area contributed by atoms with E-state index in [0.717, 1.165) is 5.69 Å². The molecule has 1 heterocycles. The highest BCUT2D eigenvalue weighted by atomic mass is 14.7. The fourth-order valence-electron chi connectivity index (χ4n) is 1.44. The van der Waals surface area contributed by atoms with Crippen molar-refractivity contribution in [1.29, 1.82) is 0 Å². The molecule has 2 rings (SSSR count). The molecule has 0 fully saturated rings. The zero-order valence-electron chi connectivity index (χ0n) is 6.67. The normalized spacial score (nSPS) is 14.6. The Morgan fingerprint density at radius 1 is 1.45 bits per heavy atom. The van der Waals surface area contributed by atoms with E-state index in [-0.39, 0.29) is 0 Å². The molecule has 56 valence electrons. The van der Waals surface area contributed by atoms with Gasteiger partial charge in [0, 0.05) is 11.9 Å². The summed E-state index contributed by atoms with van der Waals surface area (Å²) in [5, 5.41) is 0. The zero-order valence-corrected chi connectivity index (χ0v) is 6.67. The van der Waals surface area contributed by atoms with E-state index in [1.54, 1.807) is 0 Å². The first-order valence-corrected chi connectivity index (χ1v) is 3.98. The standard InChI is InChI=1S/C10H11N/c1-8-6-9-4-2-3-5-10(9)7-11-8/h3,5-7H,2,4H2,1H3. The van der Waals surface area contributed by atoms with Gasteiger partial charge in [0.25, 0.3) is 0 Å². The lowest BCUT2D eigenvalue weighted by Crippen LogP contribution is -1.95. The second kappa shape index (κ2) is 2.50. The molecule has 1 aliphatic rings. The van der Waals surface area contributed by atoms with Crippen LogP contribution in [0, 0.1) is 6.92 Å². The minimum absolute atomic E-state index is 1.12. The summed E-state index contributed by atoms with van der Waals surface area (Å²) in [7, 11) is 0. The molecule has 0 atom stereocenters. The molecule has 1 heteroatoms. The molecule has 1 aromatic rings. The van der Waals surface area contributed by atoms with Gasteiger partial charge in [-0.15, -0.1) is 0 Å². The van der Waals surface area contributed by atoms with Crippen molar-refractivity contribution in [3.8, 4) is 0 Å². The van der Waals surface area contributed by atoms with E-state index in [2.05, 4.69) is 23.2 Å². The fraction of sp³-hybridized carbons (Fsp3) is 0.300. The van der Waals surface area contributed by atoms with Crippen LogP contribution < -0.4 is 0 Å². The number of rotatable bonds is 0. The van der Waals surface area contributed by atoms with Crippen LogP contribution >= 0.6 is 0 Å². The van der Waals surface area contributed by atoms with Crippen molar-refractivity contribution in [3.63, 3.8) is 0 Å². The summed E-state index contributed by atoms with van der Waals surface area (Å²) in [6, 6.07) is 2.18. The lowest BCUT2D eigenvalue weighted by molar-refractivity contribution is 0.968. The number of hydrogen-bond donors (Lipinski definition) is 0. The van der Waals surface area contributed by atoms with E-state index >= 15 is 0 Å². The first-order valence-electron chi connectivity index (χ1n) is 3.98. The van der Waals surface area contributed by atoms with Gasteiger partial charge in [0.2, 0.25) is 0 Å². The van der Waals surface area contributed by atoms with Crippen LogP contribution in [-0.2, 0) is 6.42 Å². The number of hydrogen-bond acceptors (Lipinski definition) is 1. The minimum Gasteiger partial charge on any atom is -0.261 e. The lowest BCUT2D eigenvalue weighted by Gasteiger charge is -2.09. The molecule has 1 aliphatic carbocycles. The summed E-state index contributed by atoms with van der Waals surface area (Å²) < 4.78 is 0. The van der Waals surface area contributed by atoms with Crippen molar-refractivity contribution < 1.29 is 0 Å². The van der Waals surface area contributed by atoms with Gasteiger partial charge in [-0.05, 0) is 37.0 Å². The van der Waals surface area contributed by atoms with Gasteiger partial charge in [-0.3, -0.25) is 4.98 Å². The number of aromatic nitrogens is 1. The van der Waals surface area contributed by atoms with Gasteiger partial charge < -0.3 is 0 Å². The van der Waals surface area contributed by atoms with Crippen LogP contribution in [0.5, 0.6) is 0 Å². The van der Waals surface area contributed by atoms with E-state index in [4.69, 9.17) is 0 Å². The molecule has 0 N–H and O–H groups in total. The van der Waals surface area contributed by atoms with Gasteiger partial charge in [0.15, 0.2) is 0 Å². The molecule has 0 spiro atoms. The van der Waals surface area contributed by atoms with Crippen LogP contribution in [0.3, 0.4) is 0 Å². The van der Waals surface area contributed by atoms with Gasteiger partial charge in [0.1, 0.15) is 0 Å². The van der Waals surface area contributed by atoms with Crippen LogP contribution in [0.1, 0.15) is 23.2 Å². The average Bonchev–Trinajstić information content (AvgIpc) is 2.04. The largest absolute Gasteiger partial charge is 0.261 e. The Kier molecular flexibility index (Phi) is 1.50. The SMILES string of the molecule is Cc1cc2c(cn1)C=CCC2. The Balaban J connectivity index is 2.53. The third-order valence-electron chi connectivity index (χ3n) is 2.04. The molecule has 0 bridgehead atoms. The Labute approximate surface area is 66.8 Å². The third kappa shape index (κ3) is 1.18. The number of nitrogens with zero attached hydrogens (tertiary/aromatic N) is 1. The number of allylic oxidation sites excluding steroid dienone is 1. The predicted molar refractivity (Wildman–Crippen MR) is 46.3 cm³/mol. The van der Waals surface area contributed by atoms with Gasteiger partial charge in [0.05, 0.1) is 0 Å². The van der Waals surface area contributed by atoms with E-state index in [0.29, 0.717) is 0 Å². The van der Waals surface area contributed by atoms with Crippen molar-refractivity contribution in [2.24, 2.45) is 0 Å². The fourth-order valence-corrected chi connectivity index (χ4v) is 1.44. The highest BCUT2D eigenvalue weighted by Gasteiger charge is 2.03. The summed E-state index contributed by atoms with van der Waals surface area (Å²) in [4.78, 5) is 4.24. The van der Waals surface area contributed by atoms with Crippen molar-refractivity contribution in [3.05, 3.63) is 35.2 Å². The summed E-state index contributed by atoms with van der Waals surface area (Å²) >= 11 is 0. The smallest absolute Gasteiger partial charge is 0.0375 e. The molecule has 0 aromatic carbocycles. The second-order valence-corrected chi connectivity index (χ2v) is 2.97. The summed E-state index contributed by atoms with van der Waals surface area (Å²) in [5.41, 5.74) is 3.86. The molecule has 0 radical (unpaired) electrons. The average molecular weight is 145 g/mol. The van der Waals surface area contributed by atoms with Gasteiger partial charge in [-0.25, -0.2) is 0 Å². The maximum Gasteiger partial charge on any atom is 0.0375 e. The van der Waals surface area contributed by atoms with E-state index in [1.807, 2.05) is 13.1 Å². The van der Waals surface area contributed by atoms with Crippen LogP contribution in [0.15, 0.2) is 18.3 Å². The van der Waals surface area contributed by atoms with Crippen LogP contribution in [-0.4, -0.2) is 4.98 Å². The monoisotopic (exact) mass is 145 g/mol. The molecule has 0 aliphatic heterocycles. The van der Waals surface area contributed by atoms with Crippen LogP contribution in [0.2, 0.25) is 0 Å². The highest BCUT2D eigenvalue weighted by molar-refractivity contribution is 5.55. The topological polar surface area (TPSA) is 12.9 Å². The molecule has 0 saturated carbocycles. The molecular formula is C10H11N. The van der Waals surface area contributed by atoms with Crippen molar-refractivity contribution in [1.82, 2.24) is 4.98 Å². The van der Waals surface area contributed by atoms with Gasteiger partial charge >= 0.3 is 0 Å². The maximum atomic E-state index is 4.24. The number of fused-ring (bicyclic) bond motifs is 1. The Morgan fingerprint density at radius 2 is 2.36 bits per heavy atom.